The second kappa shape index (κ2) is 5.62. The Morgan fingerprint density at radius 3 is 2.72 bits per heavy atom. The molecule has 0 bridgehead atoms. The van der Waals surface area contributed by atoms with E-state index in [4.69, 9.17) is 0 Å². The van der Waals surface area contributed by atoms with Gasteiger partial charge in [0.25, 0.3) is 5.56 Å². The summed E-state index contributed by atoms with van der Waals surface area (Å²) in [6.45, 7) is 2.09. The molecule has 0 unspecified atom stereocenters. The number of hydrogen-bond donors (Lipinski definition) is 1. The van der Waals surface area contributed by atoms with Crippen molar-refractivity contribution in [3.63, 3.8) is 0 Å². The molecule has 0 amide bonds. The Morgan fingerprint density at radius 2 is 1.96 bits per heavy atom. The summed E-state index contributed by atoms with van der Waals surface area (Å²) >= 11 is 0. The molecular formula is C18H17N5O2. The molecule has 0 aliphatic carbocycles. The van der Waals surface area contributed by atoms with Crippen LogP contribution < -0.4 is 11.2 Å². The quantitative estimate of drug-likeness (QED) is 0.619. The highest BCUT2D eigenvalue weighted by Gasteiger charge is 2.17. The van der Waals surface area contributed by atoms with Gasteiger partial charge in [0, 0.05) is 25.5 Å². The largest absolute Gasteiger partial charge is 0.332 e. The van der Waals surface area contributed by atoms with Crippen LogP contribution in [0, 0.1) is 6.92 Å². The number of nitrogens with zero attached hydrogens (tertiary/aromatic N) is 4. The molecule has 1 aromatic carbocycles. The number of fused-ring (bicyclic) bond motifs is 3. The number of imidazole rings is 2. The SMILES string of the molecule is Cc1cn2c(nc3c2c(=O)n(C/C=C/c2ccccc2)c(=O)n3C)[nH]1. The van der Waals surface area contributed by atoms with Crippen molar-refractivity contribution in [2.75, 3.05) is 0 Å². The summed E-state index contributed by atoms with van der Waals surface area (Å²) in [6.07, 6.45) is 5.51. The van der Waals surface area contributed by atoms with Crippen molar-refractivity contribution in [1.29, 1.82) is 0 Å². The van der Waals surface area contributed by atoms with E-state index < -0.39 is 0 Å². The number of nitrogens with one attached hydrogen (secondary N) is 1. The maximum absolute atomic E-state index is 12.9. The number of benzene rings is 1. The Labute approximate surface area is 142 Å². The Morgan fingerprint density at radius 1 is 1.20 bits per heavy atom. The minimum absolute atomic E-state index is 0.201. The molecule has 3 aromatic heterocycles. The third kappa shape index (κ3) is 2.40. The van der Waals surface area contributed by atoms with Crippen LogP contribution in [0.1, 0.15) is 11.3 Å². The van der Waals surface area contributed by atoms with E-state index in [0.717, 1.165) is 11.3 Å². The Bertz CT molecular complexity index is 1220. The van der Waals surface area contributed by atoms with Crippen LogP contribution in [0.25, 0.3) is 23.0 Å². The predicted octanol–water partition coefficient (Wildman–Crippen LogP) is 1.70. The van der Waals surface area contributed by atoms with Gasteiger partial charge in [-0.2, -0.15) is 4.98 Å². The number of allylic oxidation sites excluding steroid dienone is 1. The first-order chi connectivity index (χ1) is 12.1. The second-order valence-corrected chi connectivity index (χ2v) is 5.99. The topological polar surface area (TPSA) is 77.1 Å². The minimum Gasteiger partial charge on any atom is -0.328 e. The fourth-order valence-corrected chi connectivity index (χ4v) is 2.98. The van der Waals surface area contributed by atoms with E-state index in [-0.39, 0.29) is 17.8 Å². The second-order valence-electron chi connectivity index (χ2n) is 5.99. The number of aryl methyl sites for hydroxylation is 2. The van der Waals surface area contributed by atoms with Crippen LogP contribution in [-0.4, -0.2) is 23.5 Å². The Balaban J connectivity index is 1.86. The van der Waals surface area contributed by atoms with Crippen LogP contribution in [0.15, 0.2) is 52.2 Å². The standard InChI is InChI=1S/C18H17N5O2/c1-12-11-23-14-15(20-17(23)19-12)21(2)18(25)22(16(14)24)10-6-9-13-7-4-3-5-8-13/h3-9,11H,10H2,1-2H3,(H,19,20)/b9-6+. The van der Waals surface area contributed by atoms with E-state index in [2.05, 4.69) is 9.97 Å². The van der Waals surface area contributed by atoms with E-state index in [9.17, 15) is 9.59 Å². The average molecular weight is 335 g/mol. The van der Waals surface area contributed by atoms with Crippen LogP contribution in [0.2, 0.25) is 0 Å². The normalized spacial score (nSPS) is 11.9. The highest BCUT2D eigenvalue weighted by Crippen LogP contribution is 2.11. The zero-order valence-electron chi connectivity index (χ0n) is 13.9. The number of aromatic nitrogens is 5. The smallest absolute Gasteiger partial charge is 0.328 e. The summed E-state index contributed by atoms with van der Waals surface area (Å²) in [6, 6.07) is 9.74. The van der Waals surface area contributed by atoms with E-state index in [1.165, 1.54) is 9.13 Å². The lowest BCUT2D eigenvalue weighted by molar-refractivity contribution is 0.668. The first kappa shape index (κ1) is 15.2. The van der Waals surface area contributed by atoms with Crippen molar-refractivity contribution in [2.45, 2.75) is 13.5 Å². The minimum atomic E-state index is -0.382. The third-order valence-electron chi connectivity index (χ3n) is 4.21. The lowest BCUT2D eigenvalue weighted by atomic mass is 10.2. The molecule has 126 valence electrons. The molecule has 0 atom stereocenters. The van der Waals surface area contributed by atoms with Gasteiger partial charge in [0.15, 0.2) is 11.2 Å². The van der Waals surface area contributed by atoms with Gasteiger partial charge in [-0.25, -0.2) is 4.79 Å². The van der Waals surface area contributed by atoms with Crippen LogP contribution in [-0.2, 0) is 13.6 Å². The Kier molecular flexibility index (Phi) is 3.42. The van der Waals surface area contributed by atoms with Crippen molar-refractivity contribution in [2.24, 2.45) is 7.05 Å². The number of rotatable bonds is 3. The van der Waals surface area contributed by atoms with Crippen LogP contribution in [0.5, 0.6) is 0 Å². The lowest BCUT2D eigenvalue weighted by Crippen LogP contribution is -2.39. The highest BCUT2D eigenvalue weighted by molar-refractivity contribution is 5.75. The molecule has 25 heavy (non-hydrogen) atoms. The lowest BCUT2D eigenvalue weighted by Gasteiger charge is -2.05. The molecule has 0 spiro atoms. The molecule has 7 heteroatoms. The van der Waals surface area contributed by atoms with Gasteiger partial charge < -0.3 is 4.98 Å². The van der Waals surface area contributed by atoms with Crippen LogP contribution in [0.3, 0.4) is 0 Å². The molecule has 4 aromatic rings. The van der Waals surface area contributed by atoms with Crippen molar-refractivity contribution >= 4 is 23.0 Å². The van der Waals surface area contributed by atoms with E-state index >= 15 is 0 Å². The van der Waals surface area contributed by atoms with E-state index in [0.29, 0.717) is 16.9 Å². The number of hydrogen-bond acceptors (Lipinski definition) is 3. The van der Waals surface area contributed by atoms with Crippen LogP contribution in [0.4, 0.5) is 0 Å². The number of aromatic amines is 1. The van der Waals surface area contributed by atoms with Crippen LogP contribution >= 0.6 is 0 Å². The fourth-order valence-electron chi connectivity index (χ4n) is 2.98. The van der Waals surface area contributed by atoms with Crippen molar-refractivity contribution < 1.29 is 0 Å². The van der Waals surface area contributed by atoms with Gasteiger partial charge in [-0.3, -0.25) is 18.3 Å². The first-order valence-corrected chi connectivity index (χ1v) is 7.95. The average Bonchev–Trinajstić information content (AvgIpc) is 3.13. The molecule has 0 saturated carbocycles. The Hall–Kier alpha value is -3.35. The summed E-state index contributed by atoms with van der Waals surface area (Å²) in [4.78, 5) is 32.9. The maximum Gasteiger partial charge on any atom is 0.332 e. The van der Waals surface area contributed by atoms with E-state index in [1.54, 1.807) is 17.6 Å². The van der Waals surface area contributed by atoms with Gasteiger partial charge in [-0.05, 0) is 12.5 Å². The molecule has 1 N–H and O–H groups in total. The van der Waals surface area contributed by atoms with Gasteiger partial charge in [0.05, 0.1) is 0 Å². The highest BCUT2D eigenvalue weighted by atomic mass is 16.2. The molecule has 3 heterocycles. The zero-order valence-corrected chi connectivity index (χ0v) is 13.9. The molecule has 0 fully saturated rings. The third-order valence-corrected chi connectivity index (χ3v) is 4.21. The van der Waals surface area contributed by atoms with Crippen molar-refractivity contribution in [1.82, 2.24) is 23.5 Å². The van der Waals surface area contributed by atoms with Gasteiger partial charge in [0.1, 0.15) is 0 Å². The first-order valence-electron chi connectivity index (χ1n) is 7.95. The van der Waals surface area contributed by atoms with E-state index in [1.807, 2.05) is 49.4 Å². The fraction of sp³-hybridized carbons (Fsp3) is 0.167. The zero-order chi connectivity index (χ0) is 17.6. The summed E-state index contributed by atoms with van der Waals surface area (Å²) in [5, 5.41) is 0. The molecule has 0 radical (unpaired) electrons. The molecule has 4 rings (SSSR count). The summed E-state index contributed by atoms with van der Waals surface area (Å²) in [5.74, 6) is 0.553. The molecule has 7 nitrogen and oxygen atoms in total. The maximum atomic E-state index is 12.9. The summed E-state index contributed by atoms with van der Waals surface area (Å²) in [5.41, 5.74) is 1.96. The van der Waals surface area contributed by atoms with Gasteiger partial charge in [0.2, 0.25) is 5.78 Å². The van der Waals surface area contributed by atoms with Gasteiger partial charge >= 0.3 is 5.69 Å². The summed E-state index contributed by atoms with van der Waals surface area (Å²) in [7, 11) is 1.63. The number of H-pyrrole nitrogens is 1. The van der Waals surface area contributed by atoms with Crippen molar-refractivity contribution in [3.8, 4) is 0 Å². The summed E-state index contributed by atoms with van der Waals surface area (Å²) < 4.78 is 4.32. The van der Waals surface area contributed by atoms with Gasteiger partial charge in [-0.15, -0.1) is 0 Å². The molecular weight excluding hydrogens is 318 g/mol. The predicted molar refractivity (Wildman–Crippen MR) is 96.8 cm³/mol. The molecule has 0 aliphatic rings. The molecule has 0 saturated heterocycles. The monoisotopic (exact) mass is 335 g/mol. The molecule has 0 aliphatic heterocycles. The van der Waals surface area contributed by atoms with Crippen molar-refractivity contribution in [3.05, 3.63) is 74.7 Å². The van der Waals surface area contributed by atoms with Gasteiger partial charge in [-0.1, -0.05) is 42.5 Å².